The molecule has 0 bridgehead atoms. The van der Waals surface area contributed by atoms with Crippen LogP contribution >= 0.6 is 0 Å². The second-order valence-electron chi connectivity index (χ2n) is 8.82. The third kappa shape index (κ3) is 4.98. The molecular formula is C23H34N4O2. The second-order valence-corrected chi connectivity index (χ2v) is 8.82. The summed E-state index contributed by atoms with van der Waals surface area (Å²) in [7, 11) is 0. The highest BCUT2D eigenvalue weighted by molar-refractivity contribution is 5.88. The van der Waals surface area contributed by atoms with Crippen molar-refractivity contribution in [1.29, 1.82) is 0 Å². The summed E-state index contributed by atoms with van der Waals surface area (Å²) in [6.45, 7) is 8.31. The van der Waals surface area contributed by atoms with E-state index in [0.29, 0.717) is 19.1 Å². The third-order valence-corrected chi connectivity index (χ3v) is 6.79. The Hall–Kier alpha value is -1.92. The number of carbonyl (C=O) groups excluding carboxylic acids is 2. The lowest BCUT2D eigenvalue weighted by Gasteiger charge is -2.39. The molecule has 158 valence electrons. The van der Waals surface area contributed by atoms with Gasteiger partial charge in [-0.1, -0.05) is 29.8 Å². The van der Waals surface area contributed by atoms with Crippen molar-refractivity contribution < 1.29 is 9.59 Å². The third-order valence-electron chi connectivity index (χ3n) is 6.79. The lowest BCUT2D eigenvalue weighted by molar-refractivity contribution is -0.140. The molecule has 3 fully saturated rings. The second kappa shape index (κ2) is 9.26. The number of hydrogen-bond acceptors (Lipinski definition) is 4. The van der Waals surface area contributed by atoms with Gasteiger partial charge in [0.1, 0.15) is 0 Å². The van der Waals surface area contributed by atoms with E-state index in [-0.39, 0.29) is 24.3 Å². The fourth-order valence-corrected chi connectivity index (χ4v) is 4.98. The van der Waals surface area contributed by atoms with Crippen LogP contribution in [0.5, 0.6) is 0 Å². The Kier molecular flexibility index (Phi) is 6.50. The molecular weight excluding hydrogens is 364 g/mol. The summed E-state index contributed by atoms with van der Waals surface area (Å²) in [5, 5.41) is 2.95. The molecule has 6 heteroatoms. The van der Waals surface area contributed by atoms with Crippen LogP contribution in [0.2, 0.25) is 0 Å². The summed E-state index contributed by atoms with van der Waals surface area (Å²) in [5.74, 6) is 0.115. The first-order valence-electron chi connectivity index (χ1n) is 11.2. The van der Waals surface area contributed by atoms with Gasteiger partial charge in [-0.3, -0.25) is 14.5 Å². The SMILES string of the molecule is Cc1ccc(CN2CCNC(=O)C2CC(=O)N2CCC(N3CCCC3)CC2)cc1. The van der Waals surface area contributed by atoms with Crippen molar-refractivity contribution in [1.82, 2.24) is 20.0 Å². The minimum Gasteiger partial charge on any atom is -0.353 e. The summed E-state index contributed by atoms with van der Waals surface area (Å²) in [6, 6.07) is 8.70. The molecule has 29 heavy (non-hydrogen) atoms. The van der Waals surface area contributed by atoms with E-state index >= 15 is 0 Å². The van der Waals surface area contributed by atoms with Gasteiger partial charge in [0, 0.05) is 38.8 Å². The number of piperidine rings is 1. The lowest BCUT2D eigenvalue weighted by atomic mass is 10.0. The minimum atomic E-state index is -0.367. The highest BCUT2D eigenvalue weighted by atomic mass is 16.2. The van der Waals surface area contributed by atoms with Gasteiger partial charge in [0.2, 0.25) is 11.8 Å². The first-order valence-corrected chi connectivity index (χ1v) is 11.2. The Labute approximate surface area is 174 Å². The highest BCUT2D eigenvalue weighted by Gasteiger charge is 2.34. The van der Waals surface area contributed by atoms with E-state index < -0.39 is 0 Å². The number of rotatable bonds is 5. The fourth-order valence-electron chi connectivity index (χ4n) is 4.98. The van der Waals surface area contributed by atoms with E-state index in [4.69, 9.17) is 0 Å². The molecule has 4 rings (SSSR count). The number of amides is 2. The van der Waals surface area contributed by atoms with Crippen LogP contribution in [0, 0.1) is 6.92 Å². The molecule has 3 aliphatic rings. The molecule has 0 aliphatic carbocycles. The van der Waals surface area contributed by atoms with E-state index in [1.807, 2.05) is 4.90 Å². The Bertz CT molecular complexity index is 706. The van der Waals surface area contributed by atoms with Gasteiger partial charge in [0.25, 0.3) is 0 Å². The molecule has 3 aliphatic heterocycles. The molecule has 0 aromatic heterocycles. The van der Waals surface area contributed by atoms with Gasteiger partial charge in [0.05, 0.1) is 12.5 Å². The molecule has 1 unspecified atom stereocenters. The molecule has 0 spiro atoms. The van der Waals surface area contributed by atoms with Crippen LogP contribution in [0.15, 0.2) is 24.3 Å². The predicted molar refractivity (Wildman–Crippen MR) is 113 cm³/mol. The standard InChI is InChI=1S/C23H34N4O2/c1-18-4-6-19(7-5-18)17-27-15-10-24-23(29)21(27)16-22(28)26-13-8-20(9-14-26)25-11-2-3-12-25/h4-7,20-21H,2-3,8-17H2,1H3,(H,24,29). The van der Waals surface area contributed by atoms with Crippen molar-refractivity contribution in [2.75, 3.05) is 39.3 Å². The van der Waals surface area contributed by atoms with Crippen molar-refractivity contribution in [3.8, 4) is 0 Å². The summed E-state index contributed by atoms with van der Waals surface area (Å²) in [5.41, 5.74) is 2.42. The van der Waals surface area contributed by atoms with E-state index in [1.54, 1.807) is 0 Å². The van der Waals surface area contributed by atoms with Crippen molar-refractivity contribution in [2.24, 2.45) is 0 Å². The zero-order valence-electron chi connectivity index (χ0n) is 17.6. The molecule has 1 N–H and O–H groups in total. The minimum absolute atomic E-state index is 0.0105. The quantitative estimate of drug-likeness (QED) is 0.821. The number of aryl methyl sites for hydroxylation is 1. The normalized spacial score (nSPS) is 24.7. The Balaban J connectivity index is 1.33. The first-order chi connectivity index (χ1) is 14.1. The molecule has 0 saturated carbocycles. The number of likely N-dealkylation sites (tertiary alicyclic amines) is 2. The van der Waals surface area contributed by atoms with E-state index in [0.717, 1.165) is 32.5 Å². The maximum atomic E-state index is 13.0. The van der Waals surface area contributed by atoms with Crippen molar-refractivity contribution in [3.05, 3.63) is 35.4 Å². The summed E-state index contributed by atoms with van der Waals surface area (Å²) in [6.07, 6.45) is 5.04. The van der Waals surface area contributed by atoms with Crippen molar-refractivity contribution >= 4 is 11.8 Å². The van der Waals surface area contributed by atoms with E-state index in [2.05, 4.69) is 46.3 Å². The molecule has 0 radical (unpaired) electrons. The zero-order valence-corrected chi connectivity index (χ0v) is 17.6. The number of carbonyl (C=O) groups is 2. The van der Waals surface area contributed by atoms with Gasteiger partial charge < -0.3 is 15.1 Å². The number of hydrogen-bond donors (Lipinski definition) is 1. The smallest absolute Gasteiger partial charge is 0.237 e. The van der Waals surface area contributed by atoms with Crippen LogP contribution < -0.4 is 5.32 Å². The zero-order chi connectivity index (χ0) is 20.2. The van der Waals surface area contributed by atoms with Gasteiger partial charge in [-0.2, -0.15) is 0 Å². The van der Waals surface area contributed by atoms with Crippen LogP contribution in [0.3, 0.4) is 0 Å². The van der Waals surface area contributed by atoms with Crippen LogP contribution in [0.4, 0.5) is 0 Å². The highest BCUT2D eigenvalue weighted by Crippen LogP contribution is 2.22. The van der Waals surface area contributed by atoms with E-state index in [9.17, 15) is 9.59 Å². The molecule has 1 aromatic carbocycles. The van der Waals surface area contributed by atoms with Crippen LogP contribution in [-0.4, -0.2) is 77.9 Å². The summed E-state index contributed by atoms with van der Waals surface area (Å²) in [4.78, 5) is 32.3. The average Bonchev–Trinajstić information content (AvgIpc) is 3.27. The maximum absolute atomic E-state index is 13.0. The molecule has 2 amide bonds. The molecule has 3 heterocycles. The van der Waals surface area contributed by atoms with Crippen LogP contribution in [-0.2, 0) is 16.1 Å². The summed E-state index contributed by atoms with van der Waals surface area (Å²) < 4.78 is 0. The van der Waals surface area contributed by atoms with Gasteiger partial charge in [-0.25, -0.2) is 0 Å². The molecule has 6 nitrogen and oxygen atoms in total. The van der Waals surface area contributed by atoms with Gasteiger partial charge in [0.15, 0.2) is 0 Å². The van der Waals surface area contributed by atoms with Gasteiger partial charge in [-0.15, -0.1) is 0 Å². The Morgan fingerprint density at radius 2 is 1.72 bits per heavy atom. The molecule has 1 aromatic rings. The van der Waals surface area contributed by atoms with Crippen molar-refractivity contribution in [2.45, 2.75) is 57.7 Å². The van der Waals surface area contributed by atoms with E-state index in [1.165, 1.54) is 37.1 Å². The monoisotopic (exact) mass is 398 g/mol. The van der Waals surface area contributed by atoms with Gasteiger partial charge in [-0.05, 0) is 51.3 Å². The van der Waals surface area contributed by atoms with Crippen LogP contribution in [0.1, 0.15) is 43.2 Å². The van der Waals surface area contributed by atoms with Gasteiger partial charge >= 0.3 is 0 Å². The maximum Gasteiger partial charge on any atom is 0.237 e. The average molecular weight is 399 g/mol. The number of piperazine rings is 1. The lowest BCUT2D eigenvalue weighted by Crippen LogP contribution is -2.56. The number of benzene rings is 1. The Morgan fingerprint density at radius 3 is 2.41 bits per heavy atom. The number of nitrogens with zero attached hydrogens (tertiary/aromatic N) is 3. The van der Waals surface area contributed by atoms with Crippen molar-refractivity contribution in [3.63, 3.8) is 0 Å². The Morgan fingerprint density at radius 1 is 1.03 bits per heavy atom. The topological polar surface area (TPSA) is 55.9 Å². The summed E-state index contributed by atoms with van der Waals surface area (Å²) >= 11 is 0. The predicted octanol–water partition coefficient (Wildman–Crippen LogP) is 1.77. The molecule has 3 saturated heterocycles. The fraction of sp³-hybridized carbons (Fsp3) is 0.652. The number of nitrogens with one attached hydrogen (secondary N) is 1. The molecule has 1 atom stereocenters. The first kappa shape index (κ1) is 20.4. The van der Waals surface area contributed by atoms with Crippen LogP contribution in [0.25, 0.3) is 0 Å². The largest absolute Gasteiger partial charge is 0.353 e.